The molecule has 11 rings (SSSR count). The minimum absolute atomic E-state index is 0.0189. The van der Waals surface area contributed by atoms with E-state index in [0.717, 1.165) is 27.6 Å². The average Bonchev–Trinajstić information content (AvgIpc) is 3.65. The summed E-state index contributed by atoms with van der Waals surface area (Å²) in [5, 5.41) is 2.31. The molecule has 0 fully saturated rings. The topological polar surface area (TPSA) is 19.6 Å². The van der Waals surface area contributed by atoms with Gasteiger partial charge in [0, 0.05) is 44.9 Å². The number of nitrogens with zero attached hydrogens (tertiary/aromatic N) is 2. The Kier molecular flexibility index (Phi) is 9.21. The van der Waals surface area contributed by atoms with Crippen molar-refractivity contribution in [1.29, 1.82) is 0 Å². The normalized spacial score (nSPS) is 16.3. The Balaban J connectivity index is 1.19. The van der Waals surface area contributed by atoms with Crippen LogP contribution in [-0.2, 0) is 27.1 Å². The van der Waals surface area contributed by atoms with Gasteiger partial charge in [0.2, 0.25) is 0 Å². The number of hydrogen-bond donors (Lipinski definition) is 0. The van der Waals surface area contributed by atoms with Crippen molar-refractivity contribution >= 4 is 79.2 Å². The van der Waals surface area contributed by atoms with Gasteiger partial charge in [-0.15, -0.1) is 0 Å². The van der Waals surface area contributed by atoms with Crippen LogP contribution in [0.5, 0.6) is 0 Å². The molecule has 0 saturated heterocycles. The molecule has 1 aliphatic carbocycles. The van der Waals surface area contributed by atoms with Crippen LogP contribution < -0.4 is 26.2 Å². The van der Waals surface area contributed by atoms with Gasteiger partial charge in [-0.05, 0) is 156 Å². The van der Waals surface area contributed by atoms with Crippen LogP contribution in [0.4, 0.5) is 34.1 Å². The van der Waals surface area contributed by atoms with Crippen molar-refractivity contribution < 1.29 is 4.42 Å². The smallest absolute Gasteiger partial charge is 0.252 e. The molecule has 0 bridgehead atoms. The lowest BCUT2D eigenvalue weighted by Crippen LogP contribution is -2.61. The second kappa shape index (κ2) is 14.3. The lowest BCUT2D eigenvalue weighted by atomic mass is 9.33. The number of para-hydroxylation sites is 1. The maximum absolute atomic E-state index is 6.35. The highest BCUT2D eigenvalue weighted by Crippen LogP contribution is 2.51. The first-order valence-corrected chi connectivity index (χ1v) is 24.3. The summed E-state index contributed by atoms with van der Waals surface area (Å²) in [6.45, 7) is 31.0. The standard InChI is InChI=1S/C62H65BN2O/c1-58(2,3)39-24-30-50-49(33-39)63-48-29-23-40(59(4,5)6)34-51(48)64(42-25-21-38(22-26-42)44-18-16-20-55-56(44)45-17-14-15-19-54(45)66-55)52-35-41(60(7,8)9)36-53(57(52)63)65(50)43-27-28-46-47(37-43)62(12,13)32-31-61(46,10)11/h14-30,33-37H,31-32H2,1-13H3. The van der Waals surface area contributed by atoms with Crippen LogP contribution in [0, 0.1) is 0 Å². The molecule has 0 atom stereocenters. The van der Waals surface area contributed by atoms with E-state index in [0.29, 0.717) is 0 Å². The van der Waals surface area contributed by atoms with Crippen molar-refractivity contribution in [3.63, 3.8) is 0 Å². The number of fused-ring (bicyclic) bond motifs is 8. The predicted octanol–water partition coefficient (Wildman–Crippen LogP) is 15.6. The highest BCUT2D eigenvalue weighted by atomic mass is 16.3. The number of hydrogen-bond acceptors (Lipinski definition) is 3. The molecule has 0 unspecified atom stereocenters. The molecule has 0 radical (unpaired) electrons. The molecular weight excluding hydrogens is 800 g/mol. The molecule has 7 aromatic carbocycles. The Bertz CT molecular complexity index is 3270. The van der Waals surface area contributed by atoms with E-state index in [1.54, 1.807) is 0 Å². The second-order valence-corrected chi connectivity index (χ2v) is 24.2. The van der Waals surface area contributed by atoms with Gasteiger partial charge in [-0.3, -0.25) is 0 Å². The Labute approximate surface area is 393 Å². The van der Waals surface area contributed by atoms with Crippen LogP contribution in [0.15, 0.2) is 138 Å². The van der Waals surface area contributed by atoms with E-state index >= 15 is 0 Å². The number of rotatable bonds is 3. The van der Waals surface area contributed by atoms with Gasteiger partial charge in [-0.1, -0.05) is 163 Å². The zero-order valence-electron chi connectivity index (χ0n) is 41.5. The molecule has 0 saturated carbocycles. The Hall–Kier alpha value is -6.00. The molecular formula is C62H65BN2O. The fourth-order valence-corrected chi connectivity index (χ4v) is 11.4. The fraction of sp³-hybridized carbons (Fsp3) is 0.323. The zero-order valence-corrected chi connectivity index (χ0v) is 41.5. The summed E-state index contributed by atoms with van der Waals surface area (Å²) in [5.41, 5.74) is 22.8. The highest BCUT2D eigenvalue weighted by molar-refractivity contribution is 7.00. The molecule has 66 heavy (non-hydrogen) atoms. The van der Waals surface area contributed by atoms with Crippen molar-refractivity contribution in [3.05, 3.63) is 161 Å². The Morgan fingerprint density at radius 1 is 0.470 bits per heavy atom. The van der Waals surface area contributed by atoms with Gasteiger partial charge in [0.15, 0.2) is 0 Å². The van der Waals surface area contributed by atoms with E-state index in [-0.39, 0.29) is 33.8 Å². The van der Waals surface area contributed by atoms with Gasteiger partial charge in [-0.2, -0.15) is 0 Å². The molecule has 2 aliphatic heterocycles. The molecule has 332 valence electrons. The minimum Gasteiger partial charge on any atom is -0.456 e. The third-order valence-electron chi connectivity index (χ3n) is 15.6. The van der Waals surface area contributed by atoms with Crippen LogP contribution in [0.3, 0.4) is 0 Å². The summed E-state index contributed by atoms with van der Waals surface area (Å²) in [5.74, 6) is 0. The van der Waals surface area contributed by atoms with Crippen molar-refractivity contribution in [3.8, 4) is 11.1 Å². The van der Waals surface area contributed by atoms with Crippen LogP contribution in [-0.4, -0.2) is 6.71 Å². The van der Waals surface area contributed by atoms with Crippen molar-refractivity contribution in [2.24, 2.45) is 0 Å². The molecule has 8 aromatic rings. The van der Waals surface area contributed by atoms with Crippen LogP contribution in [0.2, 0.25) is 0 Å². The lowest BCUT2D eigenvalue weighted by Gasteiger charge is -2.46. The SMILES string of the molecule is CC(C)(C)c1ccc2c(c1)B1c3ccc(C(C)(C)C)cc3N(c3ccc(-c4cccc5oc6ccccc6c45)cc3)c3cc(C(C)(C)C)cc(c31)N2c1ccc2c(c1)C(C)(C)CCC2(C)C. The minimum atomic E-state index is -0.111. The van der Waals surface area contributed by atoms with Crippen LogP contribution in [0.25, 0.3) is 33.1 Å². The molecule has 3 nitrogen and oxygen atoms in total. The second-order valence-electron chi connectivity index (χ2n) is 24.2. The highest BCUT2D eigenvalue weighted by Gasteiger charge is 2.46. The van der Waals surface area contributed by atoms with Gasteiger partial charge in [0.1, 0.15) is 11.2 Å². The first-order valence-electron chi connectivity index (χ1n) is 24.3. The van der Waals surface area contributed by atoms with Crippen LogP contribution >= 0.6 is 0 Å². The van der Waals surface area contributed by atoms with Crippen molar-refractivity contribution in [2.45, 2.75) is 130 Å². The van der Waals surface area contributed by atoms with Gasteiger partial charge in [-0.25, -0.2) is 0 Å². The summed E-state index contributed by atoms with van der Waals surface area (Å²) in [6.07, 6.45) is 2.37. The molecule has 0 spiro atoms. The van der Waals surface area contributed by atoms with E-state index in [4.69, 9.17) is 4.42 Å². The van der Waals surface area contributed by atoms with Gasteiger partial charge in [0.25, 0.3) is 6.71 Å². The van der Waals surface area contributed by atoms with Crippen molar-refractivity contribution in [1.82, 2.24) is 0 Å². The lowest BCUT2D eigenvalue weighted by molar-refractivity contribution is 0.332. The van der Waals surface area contributed by atoms with E-state index < -0.39 is 0 Å². The van der Waals surface area contributed by atoms with E-state index in [1.807, 2.05) is 6.07 Å². The van der Waals surface area contributed by atoms with E-state index in [2.05, 4.69) is 227 Å². The van der Waals surface area contributed by atoms with Gasteiger partial charge < -0.3 is 14.2 Å². The first kappa shape index (κ1) is 42.6. The number of furan rings is 1. The Morgan fingerprint density at radius 2 is 1.05 bits per heavy atom. The third-order valence-corrected chi connectivity index (χ3v) is 15.6. The molecule has 3 aliphatic rings. The average molecular weight is 865 g/mol. The quantitative estimate of drug-likeness (QED) is 0.165. The van der Waals surface area contributed by atoms with Crippen LogP contribution in [0.1, 0.15) is 131 Å². The van der Waals surface area contributed by atoms with Gasteiger partial charge in [0.05, 0.1) is 0 Å². The molecule has 1 aromatic heterocycles. The number of anilines is 6. The Morgan fingerprint density at radius 3 is 1.73 bits per heavy atom. The first-order chi connectivity index (χ1) is 31.1. The summed E-state index contributed by atoms with van der Waals surface area (Å²) in [6, 6.07) is 51.4. The summed E-state index contributed by atoms with van der Waals surface area (Å²) >= 11 is 0. The molecule has 3 heterocycles. The maximum Gasteiger partial charge on any atom is 0.252 e. The zero-order chi connectivity index (χ0) is 46.5. The molecule has 4 heteroatoms. The van der Waals surface area contributed by atoms with E-state index in [1.165, 1.54) is 96.6 Å². The molecule has 0 amide bonds. The summed E-state index contributed by atoms with van der Waals surface area (Å²) in [7, 11) is 0. The molecule has 0 N–H and O–H groups in total. The predicted molar refractivity (Wildman–Crippen MR) is 285 cm³/mol. The summed E-state index contributed by atoms with van der Waals surface area (Å²) in [4.78, 5) is 5.23. The number of benzene rings is 7. The largest absolute Gasteiger partial charge is 0.456 e. The fourth-order valence-electron chi connectivity index (χ4n) is 11.4. The van der Waals surface area contributed by atoms with Gasteiger partial charge >= 0.3 is 0 Å². The monoisotopic (exact) mass is 865 g/mol. The van der Waals surface area contributed by atoms with Crippen molar-refractivity contribution in [2.75, 3.05) is 9.80 Å². The maximum atomic E-state index is 6.35. The third kappa shape index (κ3) is 6.60. The van der Waals surface area contributed by atoms with E-state index in [9.17, 15) is 0 Å². The summed E-state index contributed by atoms with van der Waals surface area (Å²) < 4.78 is 6.35.